The molecular weight excluding hydrogens is 405 g/mol. The number of rotatable bonds is 4. The van der Waals surface area contributed by atoms with E-state index in [-0.39, 0.29) is 14.9 Å². The van der Waals surface area contributed by atoms with Crippen LogP contribution in [0.15, 0.2) is 41.3 Å². The number of amides is 1. The van der Waals surface area contributed by atoms with Crippen LogP contribution in [0, 0.1) is 0 Å². The average molecular weight is 416 g/mol. The summed E-state index contributed by atoms with van der Waals surface area (Å²) in [5.74, 6) is -1.80. The van der Waals surface area contributed by atoms with Crippen molar-refractivity contribution in [1.82, 2.24) is 0 Å². The maximum Gasteiger partial charge on any atom is 0.259 e. The molecule has 1 amide bonds. The number of hydrogen-bond donors (Lipinski definition) is 2. The molecule has 0 bridgehead atoms. The van der Waals surface area contributed by atoms with Crippen LogP contribution in [0.5, 0.6) is 5.75 Å². The molecule has 0 aliphatic carbocycles. The van der Waals surface area contributed by atoms with Gasteiger partial charge in [-0.2, -0.15) is 0 Å². The number of phenolic OH excluding ortho intramolecular Hbond substituents is 1. The summed E-state index contributed by atoms with van der Waals surface area (Å²) in [5.41, 5.74) is 5.69. The van der Waals surface area contributed by atoms with Crippen LogP contribution in [-0.4, -0.2) is 19.4 Å². The minimum Gasteiger partial charge on any atom is -0.505 e. The highest BCUT2D eigenvalue weighted by atomic mass is 35.5. The number of carbonyl (C=O) groups is 1. The first-order chi connectivity index (χ1) is 11.7. The summed E-state index contributed by atoms with van der Waals surface area (Å²) < 4.78 is 26.4. The molecule has 1 heterocycles. The number of benzene rings is 2. The van der Waals surface area contributed by atoms with Crippen LogP contribution in [0.3, 0.4) is 0 Å². The van der Waals surface area contributed by atoms with E-state index in [0.717, 1.165) is 22.1 Å². The number of aromatic hydroxyl groups is 1. The summed E-state index contributed by atoms with van der Waals surface area (Å²) in [6.07, 6.45) is 0. The third kappa shape index (κ3) is 3.32. The summed E-state index contributed by atoms with van der Waals surface area (Å²) in [6.45, 7) is 0. The number of hydrogen-bond acceptors (Lipinski definition) is 5. The zero-order chi connectivity index (χ0) is 18.4. The maximum absolute atomic E-state index is 12.8. The van der Waals surface area contributed by atoms with Gasteiger partial charge in [0, 0.05) is 9.72 Å². The van der Waals surface area contributed by atoms with Gasteiger partial charge in [0.1, 0.15) is 4.90 Å². The summed E-state index contributed by atoms with van der Waals surface area (Å²) in [7, 11) is -4.03. The predicted octanol–water partition coefficient (Wildman–Crippen LogP) is 3.99. The molecule has 0 fully saturated rings. The Kier molecular flexibility index (Phi) is 4.68. The lowest BCUT2D eigenvalue weighted by molar-refractivity contribution is 0.100. The number of thiophene rings is 1. The molecule has 3 rings (SSSR count). The summed E-state index contributed by atoms with van der Waals surface area (Å²) in [5, 5.41) is 10.5. The molecule has 25 heavy (non-hydrogen) atoms. The summed E-state index contributed by atoms with van der Waals surface area (Å²) in [4.78, 5) is 11.5. The van der Waals surface area contributed by atoms with Gasteiger partial charge in [-0.3, -0.25) is 4.79 Å². The summed E-state index contributed by atoms with van der Waals surface area (Å²) >= 11 is 12.8. The smallest absolute Gasteiger partial charge is 0.259 e. The third-order valence-corrected chi connectivity index (χ3v) is 6.97. The minimum absolute atomic E-state index is 0.0756. The molecule has 0 unspecified atom stereocenters. The van der Waals surface area contributed by atoms with E-state index < -0.39 is 32.1 Å². The second kappa shape index (κ2) is 6.49. The van der Waals surface area contributed by atoms with Crippen molar-refractivity contribution in [3.05, 3.63) is 56.9 Å². The Balaban J connectivity index is 2.19. The number of primary amides is 1. The largest absolute Gasteiger partial charge is 0.505 e. The molecular formula is C16H11Cl2NO4S2. The zero-order valence-corrected chi connectivity index (χ0v) is 15.6. The van der Waals surface area contributed by atoms with Gasteiger partial charge in [-0.1, -0.05) is 41.4 Å². The number of nitrogens with two attached hydrogens (primary N) is 1. The van der Waals surface area contributed by atoms with Crippen LogP contribution in [-0.2, 0) is 15.6 Å². The van der Waals surface area contributed by atoms with Crippen molar-refractivity contribution >= 4 is 60.4 Å². The van der Waals surface area contributed by atoms with Crippen molar-refractivity contribution < 1.29 is 18.3 Å². The SMILES string of the molecule is NC(=O)c1sc2ccccc2c1CS(=O)(=O)c1cc(Cl)cc(Cl)c1O. The van der Waals surface area contributed by atoms with Crippen molar-refractivity contribution in [2.45, 2.75) is 10.6 Å². The van der Waals surface area contributed by atoms with E-state index in [1.807, 2.05) is 0 Å². The van der Waals surface area contributed by atoms with Crippen LogP contribution in [0.25, 0.3) is 10.1 Å². The van der Waals surface area contributed by atoms with Crippen molar-refractivity contribution in [3.8, 4) is 5.75 Å². The van der Waals surface area contributed by atoms with Crippen molar-refractivity contribution in [2.24, 2.45) is 5.73 Å². The Morgan fingerprint density at radius 2 is 1.88 bits per heavy atom. The van der Waals surface area contributed by atoms with Gasteiger partial charge >= 0.3 is 0 Å². The topological polar surface area (TPSA) is 97.5 Å². The number of fused-ring (bicyclic) bond motifs is 1. The van der Waals surface area contributed by atoms with Gasteiger partial charge in [0.25, 0.3) is 5.91 Å². The van der Waals surface area contributed by atoms with E-state index in [4.69, 9.17) is 28.9 Å². The lowest BCUT2D eigenvalue weighted by atomic mass is 10.1. The molecule has 0 saturated heterocycles. The fourth-order valence-corrected chi connectivity index (χ4v) is 5.81. The molecule has 130 valence electrons. The van der Waals surface area contributed by atoms with Crippen molar-refractivity contribution in [3.63, 3.8) is 0 Å². The van der Waals surface area contributed by atoms with E-state index >= 15 is 0 Å². The second-order valence-electron chi connectivity index (χ2n) is 5.26. The van der Waals surface area contributed by atoms with Crippen LogP contribution < -0.4 is 5.73 Å². The Labute approximate surface area is 157 Å². The van der Waals surface area contributed by atoms with Gasteiger partial charge in [0.15, 0.2) is 15.6 Å². The van der Waals surface area contributed by atoms with Crippen LogP contribution >= 0.6 is 34.5 Å². The summed E-state index contributed by atoms with van der Waals surface area (Å²) in [6, 6.07) is 9.38. The molecule has 5 nitrogen and oxygen atoms in total. The molecule has 0 saturated carbocycles. The van der Waals surface area contributed by atoms with E-state index in [2.05, 4.69) is 0 Å². The first-order valence-electron chi connectivity index (χ1n) is 6.91. The highest BCUT2D eigenvalue weighted by molar-refractivity contribution is 7.90. The monoisotopic (exact) mass is 415 g/mol. The predicted molar refractivity (Wildman–Crippen MR) is 99.4 cm³/mol. The fourth-order valence-electron chi connectivity index (χ4n) is 2.49. The van der Waals surface area contributed by atoms with Crippen molar-refractivity contribution in [1.29, 1.82) is 0 Å². The molecule has 3 N–H and O–H groups in total. The highest BCUT2D eigenvalue weighted by Crippen LogP contribution is 2.38. The number of sulfone groups is 1. The molecule has 0 radical (unpaired) electrons. The number of phenols is 1. The Morgan fingerprint density at radius 1 is 1.20 bits per heavy atom. The van der Waals surface area contributed by atoms with Gasteiger partial charge in [-0.05, 0) is 29.1 Å². The van der Waals surface area contributed by atoms with Gasteiger partial charge in [-0.15, -0.1) is 11.3 Å². The molecule has 0 aliphatic rings. The lowest BCUT2D eigenvalue weighted by Crippen LogP contribution is -2.14. The molecule has 1 aromatic heterocycles. The Bertz CT molecular complexity index is 1110. The molecule has 9 heteroatoms. The minimum atomic E-state index is -4.03. The fraction of sp³-hybridized carbons (Fsp3) is 0.0625. The zero-order valence-electron chi connectivity index (χ0n) is 12.5. The second-order valence-corrected chi connectivity index (χ2v) is 9.12. The first kappa shape index (κ1) is 18.0. The van der Waals surface area contributed by atoms with Crippen LogP contribution in [0.1, 0.15) is 15.2 Å². The van der Waals surface area contributed by atoms with Gasteiger partial charge in [0.05, 0.1) is 15.7 Å². The van der Waals surface area contributed by atoms with E-state index in [1.54, 1.807) is 24.3 Å². The van der Waals surface area contributed by atoms with Gasteiger partial charge < -0.3 is 10.8 Å². The molecule has 0 spiro atoms. The van der Waals surface area contributed by atoms with E-state index in [0.29, 0.717) is 10.9 Å². The van der Waals surface area contributed by atoms with E-state index in [9.17, 15) is 18.3 Å². The van der Waals surface area contributed by atoms with Crippen molar-refractivity contribution in [2.75, 3.05) is 0 Å². The van der Waals surface area contributed by atoms with Gasteiger partial charge in [-0.25, -0.2) is 8.42 Å². The standard InChI is InChI=1S/C16H11Cl2NO4S2/c17-8-5-11(18)14(20)13(6-8)25(22,23)7-10-9-3-1-2-4-12(9)24-15(10)16(19)21/h1-6,20H,7H2,(H2,19,21). The highest BCUT2D eigenvalue weighted by Gasteiger charge is 2.26. The van der Waals surface area contributed by atoms with E-state index in [1.165, 1.54) is 6.07 Å². The average Bonchev–Trinajstić information content (AvgIpc) is 2.89. The van der Waals surface area contributed by atoms with Crippen LogP contribution in [0.4, 0.5) is 0 Å². The quantitative estimate of drug-likeness (QED) is 0.672. The maximum atomic E-state index is 12.8. The molecule has 0 aliphatic heterocycles. The third-order valence-electron chi connectivity index (χ3n) is 3.58. The van der Waals surface area contributed by atoms with Crippen LogP contribution in [0.2, 0.25) is 10.0 Å². The number of halogens is 2. The molecule has 3 aromatic rings. The molecule has 2 aromatic carbocycles. The Morgan fingerprint density at radius 3 is 2.56 bits per heavy atom. The first-order valence-corrected chi connectivity index (χ1v) is 10.1. The van der Waals surface area contributed by atoms with Gasteiger partial charge in [0.2, 0.25) is 0 Å². The molecule has 0 atom stereocenters. The number of carbonyl (C=O) groups excluding carboxylic acids is 1. The Hall–Kier alpha value is -1.80. The normalized spacial score (nSPS) is 11.8. The lowest BCUT2D eigenvalue weighted by Gasteiger charge is -2.09.